The van der Waals surface area contributed by atoms with Crippen LogP contribution in [0.5, 0.6) is 11.5 Å². The van der Waals surface area contributed by atoms with Crippen molar-refractivity contribution in [3.8, 4) is 11.5 Å². The molecule has 0 unspecified atom stereocenters. The Balaban J connectivity index is 0.000000198. The van der Waals surface area contributed by atoms with Gasteiger partial charge in [0.15, 0.2) is 11.6 Å². The molecule has 2 aliphatic heterocycles. The molecule has 0 N–H and O–H groups in total. The average molecular weight is 689 g/mol. The normalized spacial score (nSPS) is 14.5. The van der Waals surface area contributed by atoms with Gasteiger partial charge in [-0.05, 0) is 158 Å². The number of rotatable bonds is 19. The minimum absolute atomic E-state index is 0.0501. The van der Waals surface area contributed by atoms with Gasteiger partial charge >= 0.3 is 0 Å². The van der Waals surface area contributed by atoms with E-state index < -0.39 is 0 Å². The molecule has 0 spiro atoms. The van der Waals surface area contributed by atoms with Gasteiger partial charge in [-0.2, -0.15) is 0 Å². The lowest BCUT2D eigenvalue weighted by Gasteiger charge is -2.13. The fraction of sp³-hybridized carbons (Fsp3) is 0.422. The van der Waals surface area contributed by atoms with Gasteiger partial charge in [0, 0.05) is 23.1 Å². The Morgan fingerprint density at radius 2 is 0.902 bits per heavy atom. The third kappa shape index (κ3) is 13.8. The molecular weight excluding hydrogens is 633 g/mol. The molecule has 270 valence electrons. The fourth-order valence-electron chi connectivity index (χ4n) is 6.70. The number of carbonyl (C=O) groups is 2. The Kier molecular flexibility index (Phi) is 16.3. The van der Waals surface area contributed by atoms with E-state index in [2.05, 4.69) is 9.80 Å². The Bertz CT molecular complexity index is 1550. The van der Waals surface area contributed by atoms with Gasteiger partial charge < -0.3 is 19.3 Å². The van der Waals surface area contributed by atoms with Gasteiger partial charge in [-0.25, -0.2) is 0 Å². The van der Waals surface area contributed by atoms with Crippen LogP contribution in [-0.4, -0.2) is 73.8 Å². The molecule has 0 aromatic heterocycles. The van der Waals surface area contributed by atoms with E-state index in [-0.39, 0.29) is 11.6 Å². The van der Waals surface area contributed by atoms with Crippen LogP contribution in [0, 0.1) is 0 Å². The predicted molar refractivity (Wildman–Crippen MR) is 207 cm³/mol. The number of hydrogen-bond donors (Lipinski definition) is 0. The van der Waals surface area contributed by atoms with Gasteiger partial charge in [0.05, 0.1) is 13.2 Å². The van der Waals surface area contributed by atoms with Crippen LogP contribution in [0.2, 0.25) is 0 Å². The first-order valence-corrected chi connectivity index (χ1v) is 19.2. The van der Waals surface area contributed by atoms with E-state index in [1.165, 1.54) is 90.6 Å². The van der Waals surface area contributed by atoms with E-state index >= 15 is 0 Å². The smallest absolute Gasteiger partial charge is 0.193 e. The largest absolute Gasteiger partial charge is 0.494 e. The van der Waals surface area contributed by atoms with E-state index in [0.29, 0.717) is 17.5 Å². The van der Waals surface area contributed by atoms with Crippen molar-refractivity contribution in [1.29, 1.82) is 0 Å². The molecule has 2 fully saturated rings. The lowest BCUT2D eigenvalue weighted by atomic mass is 10.0. The molecule has 2 heterocycles. The van der Waals surface area contributed by atoms with Crippen LogP contribution in [0.1, 0.15) is 96.1 Å². The van der Waals surface area contributed by atoms with E-state index in [0.717, 1.165) is 48.7 Å². The standard InChI is InChI=1S/C23H29NO2.C22H27NO2/c25-23(19-20-9-3-1-4-10-20)21-11-13-22(14-12-21)26-18-8-2-5-15-24-16-6-7-17-24;24-22(19-9-3-1-4-10-19)20-11-13-21(14-12-20)25-18-8-2-5-15-23-16-6-7-17-23/h1,3-4,9-14H,2,5-8,15-19H2;1,3-4,9-14H,2,5-8,15-18H2. The maximum atomic E-state index is 12.4. The highest BCUT2D eigenvalue weighted by molar-refractivity contribution is 6.09. The van der Waals surface area contributed by atoms with Crippen molar-refractivity contribution in [1.82, 2.24) is 9.80 Å². The summed E-state index contributed by atoms with van der Waals surface area (Å²) in [4.78, 5) is 29.8. The highest BCUT2D eigenvalue weighted by Gasteiger charge is 2.12. The van der Waals surface area contributed by atoms with E-state index in [9.17, 15) is 9.59 Å². The summed E-state index contributed by atoms with van der Waals surface area (Å²) in [6.07, 6.45) is 13.0. The highest BCUT2D eigenvalue weighted by atomic mass is 16.5. The van der Waals surface area contributed by atoms with Crippen LogP contribution < -0.4 is 9.47 Å². The van der Waals surface area contributed by atoms with Crippen LogP contribution in [0.3, 0.4) is 0 Å². The lowest BCUT2D eigenvalue weighted by Crippen LogP contribution is -2.20. The zero-order valence-electron chi connectivity index (χ0n) is 30.4. The molecule has 2 aliphatic rings. The fourth-order valence-corrected chi connectivity index (χ4v) is 6.70. The quantitative estimate of drug-likeness (QED) is 0.0723. The first-order chi connectivity index (χ1) is 25.1. The highest BCUT2D eigenvalue weighted by Crippen LogP contribution is 2.18. The average Bonchev–Trinajstić information content (AvgIpc) is 3.91. The van der Waals surface area contributed by atoms with Crippen LogP contribution >= 0.6 is 0 Å². The number of likely N-dealkylation sites (tertiary alicyclic amines) is 2. The molecular formula is C45H56N2O4. The summed E-state index contributed by atoms with van der Waals surface area (Å²) in [5.41, 5.74) is 3.21. The molecule has 6 heteroatoms. The first-order valence-electron chi connectivity index (χ1n) is 19.2. The lowest BCUT2D eigenvalue weighted by molar-refractivity contribution is 0.0991. The monoisotopic (exact) mass is 688 g/mol. The van der Waals surface area contributed by atoms with Gasteiger partial charge in [-0.1, -0.05) is 60.7 Å². The minimum Gasteiger partial charge on any atom is -0.494 e. The number of hydrogen-bond acceptors (Lipinski definition) is 6. The number of carbonyl (C=O) groups excluding carboxylic acids is 2. The minimum atomic E-state index is 0.0501. The number of benzene rings is 4. The number of ketones is 2. The van der Waals surface area contributed by atoms with Crippen LogP contribution in [-0.2, 0) is 6.42 Å². The summed E-state index contributed by atoms with van der Waals surface area (Å²) in [5.74, 6) is 1.88. The summed E-state index contributed by atoms with van der Waals surface area (Å²) < 4.78 is 11.6. The molecule has 4 aromatic carbocycles. The molecule has 0 bridgehead atoms. The SMILES string of the molecule is O=C(Cc1ccccc1)c1ccc(OCCCCCN2CCCC2)cc1.O=C(c1ccccc1)c1ccc(OCCCCCN2CCCC2)cc1. The zero-order valence-corrected chi connectivity index (χ0v) is 30.4. The van der Waals surface area contributed by atoms with Crippen molar-refractivity contribution < 1.29 is 19.1 Å². The van der Waals surface area contributed by atoms with Gasteiger partial charge in [0.2, 0.25) is 0 Å². The van der Waals surface area contributed by atoms with Gasteiger partial charge in [0.1, 0.15) is 11.5 Å². The number of nitrogens with zero attached hydrogens (tertiary/aromatic N) is 2. The Morgan fingerprint density at radius 1 is 0.471 bits per heavy atom. The predicted octanol–water partition coefficient (Wildman–Crippen LogP) is 9.32. The molecule has 4 aromatic rings. The summed E-state index contributed by atoms with van der Waals surface area (Å²) >= 11 is 0. The van der Waals surface area contributed by atoms with Gasteiger partial charge in [-0.15, -0.1) is 0 Å². The second kappa shape index (κ2) is 21.8. The maximum Gasteiger partial charge on any atom is 0.193 e. The van der Waals surface area contributed by atoms with E-state index in [1.54, 1.807) is 0 Å². The van der Waals surface area contributed by atoms with Crippen molar-refractivity contribution in [3.05, 3.63) is 131 Å². The molecule has 51 heavy (non-hydrogen) atoms. The second-order valence-electron chi connectivity index (χ2n) is 13.7. The molecule has 6 rings (SSSR count). The maximum absolute atomic E-state index is 12.4. The summed E-state index contributed by atoms with van der Waals surface area (Å²) in [7, 11) is 0. The van der Waals surface area contributed by atoms with Crippen molar-refractivity contribution in [2.45, 2.75) is 70.6 Å². The van der Waals surface area contributed by atoms with E-state index in [4.69, 9.17) is 9.47 Å². The van der Waals surface area contributed by atoms with Crippen molar-refractivity contribution in [2.24, 2.45) is 0 Å². The van der Waals surface area contributed by atoms with Crippen molar-refractivity contribution in [2.75, 3.05) is 52.5 Å². The topological polar surface area (TPSA) is 59.1 Å². The molecule has 0 aliphatic carbocycles. The van der Waals surface area contributed by atoms with E-state index in [1.807, 2.05) is 109 Å². The molecule has 6 nitrogen and oxygen atoms in total. The van der Waals surface area contributed by atoms with Crippen LogP contribution in [0.4, 0.5) is 0 Å². The summed E-state index contributed by atoms with van der Waals surface area (Å²) in [5, 5.41) is 0. The molecule has 0 atom stereocenters. The van der Waals surface area contributed by atoms with Gasteiger partial charge in [-0.3, -0.25) is 9.59 Å². The Morgan fingerprint density at radius 3 is 1.39 bits per heavy atom. The number of unbranched alkanes of at least 4 members (excludes halogenated alkanes) is 4. The Labute approximate surface area is 305 Å². The molecule has 0 saturated carbocycles. The number of ether oxygens (including phenoxy) is 2. The van der Waals surface area contributed by atoms with Gasteiger partial charge in [0.25, 0.3) is 0 Å². The first kappa shape index (κ1) is 38.0. The van der Waals surface area contributed by atoms with Crippen molar-refractivity contribution >= 4 is 11.6 Å². The molecule has 0 radical (unpaired) electrons. The molecule has 0 amide bonds. The van der Waals surface area contributed by atoms with Crippen LogP contribution in [0.25, 0.3) is 0 Å². The van der Waals surface area contributed by atoms with Crippen molar-refractivity contribution in [3.63, 3.8) is 0 Å². The summed E-state index contributed by atoms with van der Waals surface area (Å²) in [6.45, 7) is 9.09. The van der Waals surface area contributed by atoms with Crippen LogP contribution in [0.15, 0.2) is 109 Å². The number of Topliss-reactive ketones (excluding diaryl/α,β-unsaturated/α-hetero) is 1. The summed E-state index contributed by atoms with van der Waals surface area (Å²) in [6, 6.07) is 34.2. The molecule has 2 saturated heterocycles. The third-order valence-electron chi connectivity index (χ3n) is 9.71. The zero-order chi connectivity index (χ0) is 35.4. The Hall–Kier alpha value is -4.26. The second-order valence-corrected chi connectivity index (χ2v) is 13.7. The third-order valence-corrected chi connectivity index (χ3v) is 9.71.